The number of hydrogen-bond acceptors (Lipinski definition) is 8. The lowest BCUT2D eigenvalue weighted by Gasteiger charge is -2.33. The number of Topliss-reactive ketones (excluding diaryl/α,β-unsaturated/α-hetero) is 1. The number of ether oxygens (including phenoxy) is 4. The maximum Gasteiger partial charge on any atom is 0.231 e. The third kappa shape index (κ3) is 3.85. The number of methoxy groups -OCH3 is 2. The summed E-state index contributed by atoms with van der Waals surface area (Å²) >= 11 is 0. The molecule has 3 aliphatic rings. The quantitative estimate of drug-likeness (QED) is 0.629. The van der Waals surface area contributed by atoms with Crippen LogP contribution in [0.4, 0.5) is 0 Å². The summed E-state index contributed by atoms with van der Waals surface area (Å²) < 4.78 is 46.4. The zero-order valence-electron chi connectivity index (χ0n) is 18.7. The van der Waals surface area contributed by atoms with Gasteiger partial charge in [-0.05, 0) is 43.2 Å². The Bertz CT molecular complexity index is 1280. The molecule has 8 nitrogen and oxygen atoms in total. The van der Waals surface area contributed by atoms with Gasteiger partial charge in [-0.3, -0.25) is 9.69 Å². The Labute approximate surface area is 192 Å². The van der Waals surface area contributed by atoms with Gasteiger partial charge in [0.05, 0.1) is 31.3 Å². The van der Waals surface area contributed by atoms with Crippen molar-refractivity contribution in [3.05, 3.63) is 52.3 Å². The van der Waals surface area contributed by atoms with E-state index in [9.17, 15) is 13.2 Å². The van der Waals surface area contributed by atoms with Crippen LogP contribution in [0.15, 0.2) is 30.0 Å². The average Bonchev–Trinajstić information content (AvgIpc) is 3.33. The topological polar surface area (TPSA) is 91.4 Å². The molecule has 5 rings (SSSR count). The van der Waals surface area contributed by atoms with Gasteiger partial charge in [-0.2, -0.15) is 0 Å². The number of nitrogens with zero attached hydrogens (tertiary/aromatic N) is 1. The number of hydrogen-bond donors (Lipinski definition) is 0. The molecule has 0 bridgehead atoms. The number of rotatable bonds is 4. The third-order valence-corrected chi connectivity index (χ3v) is 8.15. The molecule has 9 heteroatoms. The molecule has 33 heavy (non-hydrogen) atoms. The van der Waals surface area contributed by atoms with Gasteiger partial charge >= 0.3 is 0 Å². The monoisotopic (exact) mass is 471 g/mol. The van der Waals surface area contributed by atoms with Crippen LogP contribution in [0.5, 0.6) is 23.0 Å². The summed E-state index contributed by atoms with van der Waals surface area (Å²) in [7, 11) is 0.130. The van der Waals surface area contributed by atoms with Crippen molar-refractivity contribution in [2.75, 3.05) is 32.5 Å². The molecule has 2 aromatic rings. The fourth-order valence-electron chi connectivity index (χ4n) is 4.66. The largest absolute Gasteiger partial charge is 0.493 e. The molecule has 3 heterocycles. The number of benzene rings is 2. The highest BCUT2D eigenvalue weighted by Gasteiger charge is 2.37. The van der Waals surface area contributed by atoms with Crippen LogP contribution < -0.4 is 18.9 Å². The van der Waals surface area contributed by atoms with Gasteiger partial charge in [0, 0.05) is 23.7 Å². The van der Waals surface area contributed by atoms with E-state index < -0.39 is 9.84 Å². The zero-order valence-corrected chi connectivity index (χ0v) is 19.5. The second kappa shape index (κ2) is 8.07. The fraction of sp³-hybridized carbons (Fsp3) is 0.375. The molecule has 3 aliphatic heterocycles. The number of carbonyl (C=O) groups excluding carboxylic acids is 1. The van der Waals surface area contributed by atoms with Crippen molar-refractivity contribution >= 4 is 21.7 Å². The number of sulfone groups is 1. The molecule has 0 aromatic heterocycles. The van der Waals surface area contributed by atoms with E-state index in [2.05, 4.69) is 0 Å². The van der Waals surface area contributed by atoms with E-state index in [1.54, 1.807) is 32.4 Å². The first-order chi connectivity index (χ1) is 15.8. The maximum absolute atomic E-state index is 13.2. The molecule has 0 spiro atoms. The second-order valence-corrected chi connectivity index (χ2v) is 10.7. The molecule has 2 aromatic carbocycles. The fourth-order valence-corrected chi connectivity index (χ4v) is 6.42. The molecule has 1 saturated heterocycles. The molecule has 1 fully saturated rings. The van der Waals surface area contributed by atoms with E-state index in [0.29, 0.717) is 48.3 Å². The maximum atomic E-state index is 13.2. The smallest absolute Gasteiger partial charge is 0.231 e. The number of ketones is 1. The summed E-state index contributed by atoms with van der Waals surface area (Å²) in [4.78, 5) is 15.2. The Morgan fingerprint density at radius 3 is 2.61 bits per heavy atom. The summed E-state index contributed by atoms with van der Waals surface area (Å²) in [5.74, 6) is 2.74. The summed E-state index contributed by atoms with van der Waals surface area (Å²) in [5, 5.41) is 0. The Balaban J connectivity index is 1.43. The molecular formula is C24H25NO7S. The van der Waals surface area contributed by atoms with Gasteiger partial charge < -0.3 is 18.9 Å². The van der Waals surface area contributed by atoms with Crippen LogP contribution in [-0.2, 0) is 16.4 Å². The Morgan fingerprint density at radius 2 is 1.91 bits per heavy atom. The van der Waals surface area contributed by atoms with Crippen LogP contribution >= 0.6 is 0 Å². The lowest BCUT2D eigenvalue weighted by Crippen LogP contribution is -2.41. The highest BCUT2D eigenvalue weighted by Crippen LogP contribution is 2.44. The van der Waals surface area contributed by atoms with Crippen LogP contribution in [0.2, 0.25) is 0 Å². The molecule has 0 amide bonds. The van der Waals surface area contributed by atoms with E-state index >= 15 is 0 Å². The van der Waals surface area contributed by atoms with Gasteiger partial charge in [0.15, 0.2) is 27.1 Å². The van der Waals surface area contributed by atoms with Crippen molar-refractivity contribution in [1.29, 1.82) is 0 Å². The van der Waals surface area contributed by atoms with Gasteiger partial charge in [0.2, 0.25) is 5.78 Å². The molecule has 0 N–H and O–H groups in total. The van der Waals surface area contributed by atoms with Gasteiger partial charge in [-0.25, -0.2) is 8.42 Å². The predicted octanol–water partition coefficient (Wildman–Crippen LogP) is 2.97. The van der Waals surface area contributed by atoms with Gasteiger partial charge in [0.25, 0.3) is 0 Å². The molecule has 0 saturated carbocycles. The Kier molecular flexibility index (Phi) is 5.33. The van der Waals surface area contributed by atoms with E-state index in [0.717, 1.165) is 16.7 Å². The van der Waals surface area contributed by atoms with E-state index in [1.165, 1.54) is 0 Å². The van der Waals surface area contributed by atoms with Crippen LogP contribution in [0.1, 0.15) is 33.5 Å². The molecule has 174 valence electrons. The molecular weight excluding hydrogens is 446 g/mol. The van der Waals surface area contributed by atoms with Crippen molar-refractivity contribution in [3.8, 4) is 23.0 Å². The van der Waals surface area contributed by atoms with Gasteiger partial charge in [-0.15, -0.1) is 0 Å². The van der Waals surface area contributed by atoms with Crippen molar-refractivity contribution in [3.63, 3.8) is 0 Å². The lowest BCUT2D eigenvalue weighted by atomic mass is 9.99. The third-order valence-electron chi connectivity index (χ3n) is 6.39. The predicted molar refractivity (Wildman–Crippen MR) is 122 cm³/mol. The summed E-state index contributed by atoms with van der Waals surface area (Å²) in [6, 6.07) is 7.12. The van der Waals surface area contributed by atoms with Crippen molar-refractivity contribution in [1.82, 2.24) is 4.90 Å². The first-order valence-electron chi connectivity index (χ1n) is 10.7. The molecule has 0 unspecified atom stereocenters. The van der Waals surface area contributed by atoms with Crippen LogP contribution in [0, 0.1) is 6.92 Å². The lowest BCUT2D eigenvalue weighted by molar-refractivity contribution is 0.0637. The first kappa shape index (κ1) is 21.8. The van der Waals surface area contributed by atoms with Gasteiger partial charge in [0.1, 0.15) is 18.2 Å². The SMILES string of the molecule is COc1ccc(C=C2Oc3c(cc4c(c3C)OCN([C@H]3CCS(=O)(=O)C3)C4)C2=O)cc1OC. The summed E-state index contributed by atoms with van der Waals surface area (Å²) in [6.45, 7) is 2.72. The molecule has 0 aliphatic carbocycles. The van der Waals surface area contributed by atoms with Crippen molar-refractivity contribution < 1.29 is 32.2 Å². The minimum Gasteiger partial charge on any atom is -0.493 e. The molecule has 0 radical (unpaired) electrons. The van der Waals surface area contributed by atoms with E-state index in [1.807, 2.05) is 24.0 Å². The van der Waals surface area contributed by atoms with E-state index in [4.69, 9.17) is 18.9 Å². The summed E-state index contributed by atoms with van der Waals surface area (Å²) in [6.07, 6.45) is 2.28. The normalized spacial score (nSPS) is 22.5. The van der Waals surface area contributed by atoms with Crippen LogP contribution in [0.25, 0.3) is 6.08 Å². The van der Waals surface area contributed by atoms with E-state index in [-0.39, 0.29) is 29.1 Å². The standard InChI is InChI=1S/C24H25NO7S/c1-14-23-16(11-25(13-31-23)17-6-7-33(27,28)12-17)10-18-22(26)21(32-24(14)18)9-15-4-5-19(29-2)20(8-15)30-3/h4-5,8-10,17H,6-7,11-13H2,1-3H3/t17-/m0/s1. The average molecular weight is 472 g/mol. The number of fused-ring (bicyclic) bond motifs is 2. The van der Waals surface area contributed by atoms with Crippen molar-refractivity contribution in [2.45, 2.75) is 25.9 Å². The Morgan fingerprint density at radius 1 is 1.12 bits per heavy atom. The zero-order chi connectivity index (χ0) is 23.3. The number of carbonyl (C=O) groups is 1. The van der Waals surface area contributed by atoms with Crippen LogP contribution in [-0.4, -0.2) is 57.6 Å². The van der Waals surface area contributed by atoms with Gasteiger partial charge in [-0.1, -0.05) is 6.07 Å². The minimum atomic E-state index is -2.99. The highest BCUT2D eigenvalue weighted by molar-refractivity contribution is 7.91. The number of allylic oxidation sites excluding steroid dienone is 1. The minimum absolute atomic E-state index is 0.0656. The summed E-state index contributed by atoms with van der Waals surface area (Å²) in [5.41, 5.74) is 2.87. The highest BCUT2D eigenvalue weighted by atomic mass is 32.2. The Hall–Kier alpha value is -3.04. The molecule has 1 atom stereocenters. The van der Waals surface area contributed by atoms with Crippen molar-refractivity contribution in [2.24, 2.45) is 0 Å². The second-order valence-electron chi connectivity index (χ2n) is 8.50. The van der Waals surface area contributed by atoms with Crippen LogP contribution in [0.3, 0.4) is 0 Å². The first-order valence-corrected chi connectivity index (χ1v) is 12.5.